The molecule has 17 heavy (non-hydrogen) atoms. The Morgan fingerprint density at radius 2 is 1.94 bits per heavy atom. The van der Waals surface area contributed by atoms with E-state index in [1.807, 2.05) is 6.92 Å². The van der Waals surface area contributed by atoms with Gasteiger partial charge in [0.15, 0.2) is 0 Å². The van der Waals surface area contributed by atoms with Gasteiger partial charge >= 0.3 is 11.9 Å². The Balaban J connectivity index is 2.67. The molecule has 0 bridgehead atoms. The standard InChI is InChI=1S/C13H14O4/c1-2-9-17-13(16)11-6-3-10(4-7-11)5-8-12(14)15/h3-8H,2,9H2,1H3,(H,14,15)/b8-5+. The molecule has 0 aliphatic heterocycles. The third-order valence-corrected chi connectivity index (χ3v) is 2.00. The van der Waals surface area contributed by atoms with Crippen LogP contribution in [0, 0.1) is 0 Å². The topological polar surface area (TPSA) is 63.6 Å². The van der Waals surface area contributed by atoms with E-state index in [4.69, 9.17) is 9.84 Å². The van der Waals surface area contributed by atoms with Gasteiger partial charge in [0.25, 0.3) is 0 Å². The van der Waals surface area contributed by atoms with Crippen molar-refractivity contribution < 1.29 is 19.4 Å². The third-order valence-electron chi connectivity index (χ3n) is 2.00. The second kappa shape index (κ2) is 6.48. The monoisotopic (exact) mass is 234 g/mol. The molecule has 0 radical (unpaired) electrons. The maximum atomic E-state index is 11.4. The molecule has 0 aliphatic carbocycles. The maximum absolute atomic E-state index is 11.4. The second-order valence-electron chi connectivity index (χ2n) is 3.43. The summed E-state index contributed by atoms with van der Waals surface area (Å²) in [6.07, 6.45) is 3.29. The fourth-order valence-corrected chi connectivity index (χ4v) is 1.18. The van der Waals surface area contributed by atoms with Crippen LogP contribution in [0.3, 0.4) is 0 Å². The van der Waals surface area contributed by atoms with Crippen molar-refractivity contribution in [3.05, 3.63) is 41.5 Å². The maximum Gasteiger partial charge on any atom is 0.338 e. The van der Waals surface area contributed by atoms with Crippen LogP contribution in [0.15, 0.2) is 30.3 Å². The van der Waals surface area contributed by atoms with E-state index >= 15 is 0 Å². The van der Waals surface area contributed by atoms with Crippen LogP contribution in [0.2, 0.25) is 0 Å². The Morgan fingerprint density at radius 1 is 1.29 bits per heavy atom. The van der Waals surface area contributed by atoms with Crippen molar-refractivity contribution in [1.29, 1.82) is 0 Å². The lowest BCUT2D eigenvalue weighted by Gasteiger charge is -2.02. The smallest absolute Gasteiger partial charge is 0.338 e. The van der Waals surface area contributed by atoms with Crippen molar-refractivity contribution in [2.75, 3.05) is 6.61 Å². The van der Waals surface area contributed by atoms with Crippen LogP contribution in [0.25, 0.3) is 6.08 Å². The summed E-state index contributed by atoms with van der Waals surface area (Å²) >= 11 is 0. The first-order valence-corrected chi connectivity index (χ1v) is 5.31. The summed E-state index contributed by atoms with van der Waals surface area (Å²) in [5, 5.41) is 8.45. The molecule has 0 amide bonds. The minimum absolute atomic E-state index is 0.361. The minimum atomic E-state index is -1.00. The zero-order valence-electron chi connectivity index (χ0n) is 9.55. The summed E-state index contributed by atoms with van der Waals surface area (Å²) in [5.74, 6) is -1.36. The van der Waals surface area contributed by atoms with Gasteiger partial charge in [0.1, 0.15) is 0 Å². The normalized spacial score (nSPS) is 10.4. The molecule has 1 aromatic rings. The number of esters is 1. The highest BCUT2D eigenvalue weighted by Gasteiger charge is 2.05. The van der Waals surface area contributed by atoms with E-state index in [0.29, 0.717) is 12.2 Å². The van der Waals surface area contributed by atoms with Gasteiger partial charge in [-0.1, -0.05) is 19.1 Å². The number of rotatable bonds is 5. The van der Waals surface area contributed by atoms with Crippen LogP contribution in [0.1, 0.15) is 29.3 Å². The Bertz CT molecular complexity index is 418. The molecule has 0 spiro atoms. The Morgan fingerprint density at radius 3 is 2.47 bits per heavy atom. The van der Waals surface area contributed by atoms with Gasteiger partial charge in [0.05, 0.1) is 12.2 Å². The molecule has 0 saturated carbocycles. The molecule has 1 rings (SSSR count). The molecular weight excluding hydrogens is 220 g/mol. The molecule has 0 aliphatic rings. The first kappa shape index (κ1) is 13.0. The SMILES string of the molecule is CCCOC(=O)c1ccc(/C=C/C(=O)O)cc1. The molecule has 0 saturated heterocycles. The third kappa shape index (κ3) is 4.51. The van der Waals surface area contributed by atoms with Gasteiger partial charge in [0, 0.05) is 6.08 Å². The molecule has 0 heterocycles. The summed E-state index contributed by atoms with van der Waals surface area (Å²) < 4.78 is 4.96. The largest absolute Gasteiger partial charge is 0.478 e. The minimum Gasteiger partial charge on any atom is -0.478 e. The summed E-state index contributed by atoms with van der Waals surface area (Å²) in [5.41, 5.74) is 1.19. The Labute approximate surface area is 99.5 Å². The number of carbonyl (C=O) groups excluding carboxylic acids is 1. The molecule has 0 fully saturated rings. The second-order valence-corrected chi connectivity index (χ2v) is 3.43. The molecule has 90 valence electrons. The Kier molecular flexibility index (Phi) is 4.94. The first-order chi connectivity index (χ1) is 8.13. The predicted octanol–water partition coefficient (Wildman–Crippen LogP) is 2.35. The fourth-order valence-electron chi connectivity index (χ4n) is 1.18. The molecule has 0 aromatic heterocycles. The molecule has 0 unspecified atom stereocenters. The van der Waals surface area contributed by atoms with E-state index in [9.17, 15) is 9.59 Å². The highest BCUT2D eigenvalue weighted by Crippen LogP contribution is 2.07. The van der Waals surface area contributed by atoms with Crippen molar-refractivity contribution in [3.63, 3.8) is 0 Å². The van der Waals surface area contributed by atoms with Gasteiger partial charge in [-0.15, -0.1) is 0 Å². The molecule has 4 nitrogen and oxygen atoms in total. The van der Waals surface area contributed by atoms with Crippen molar-refractivity contribution >= 4 is 18.0 Å². The van der Waals surface area contributed by atoms with Gasteiger partial charge in [-0.2, -0.15) is 0 Å². The first-order valence-electron chi connectivity index (χ1n) is 5.31. The quantitative estimate of drug-likeness (QED) is 0.627. The average molecular weight is 234 g/mol. The van der Waals surface area contributed by atoms with Crippen molar-refractivity contribution in [2.24, 2.45) is 0 Å². The molecule has 4 heteroatoms. The van der Waals surface area contributed by atoms with E-state index in [-0.39, 0.29) is 5.97 Å². The van der Waals surface area contributed by atoms with Gasteiger partial charge in [-0.25, -0.2) is 9.59 Å². The van der Waals surface area contributed by atoms with Crippen molar-refractivity contribution in [1.82, 2.24) is 0 Å². The predicted molar refractivity (Wildman–Crippen MR) is 63.7 cm³/mol. The zero-order valence-corrected chi connectivity index (χ0v) is 9.55. The lowest BCUT2D eigenvalue weighted by atomic mass is 10.1. The van der Waals surface area contributed by atoms with Crippen molar-refractivity contribution in [3.8, 4) is 0 Å². The highest BCUT2D eigenvalue weighted by molar-refractivity contribution is 5.90. The number of aliphatic carboxylic acids is 1. The van der Waals surface area contributed by atoms with E-state index in [1.54, 1.807) is 24.3 Å². The average Bonchev–Trinajstić information content (AvgIpc) is 2.34. The number of benzene rings is 1. The molecule has 1 N–H and O–H groups in total. The summed E-state index contributed by atoms with van der Waals surface area (Å²) in [6.45, 7) is 2.33. The van der Waals surface area contributed by atoms with E-state index in [2.05, 4.69) is 0 Å². The molecule has 1 aromatic carbocycles. The van der Waals surface area contributed by atoms with Crippen LogP contribution in [0.4, 0.5) is 0 Å². The van der Waals surface area contributed by atoms with Gasteiger partial charge in [0.2, 0.25) is 0 Å². The number of carbonyl (C=O) groups is 2. The van der Waals surface area contributed by atoms with Gasteiger partial charge in [-0.3, -0.25) is 0 Å². The van der Waals surface area contributed by atoms with Crippen LogP contribution >= 0.6 is 0 Å². The number of ether oxygens (including phenoxy) is 1. The number of carboxylic acid groups (broad SMARTS) is 1. The number of hydrogen-bond donors (Lipinski definition) is 1. The number of carboxylic acids is 1. The van der Waals surface area contributed by atoms with Crippen LogP contribution in [0.5, 0.6) is 0 Å². The van der Waals surface area contributed by atoms with E-state index in [1.165, 1.54) is 6.08 Å². The van der Waals surface area contributed by atoms with Crippen LogP contribution in [-0.2, 0) is 9.53 Å². The summed E-state index contributed by atoms with van der Waals surface area (Å²) in [7, 11) is 0. The summed E-state index contributed by atoms with van der Waals surface area (Å²) in [4.78, 5) is 21.8. The zero-order chi connectivity index (χ0) is 12.7. The van der Waals surface area contributed by atoms with Gasteiger partial charge < -0.3 is 9.84 Å². The van der Waals surface area contributed by atoms with Crippen molar-refractivity contribution in [2.45, 2.75) is 13.3 Å². The lowest BCUT2D eigenvalue weighted by Crippen LogP contribution is -2.05. The molecule has 0 atom stereocenters. The number of hydrogen-bond acceptors (Lipinski definition) is 3. The van der Waals surface area contributed by atoms with E-state index < -0.39 is 5.97 Å². The highest BCUT2D eigenvalue weighted by atomic mass is 16.5. The Hall–Kier alpha value is -2.10. The van der Waals surface area contributed by atoms with Gasteiger partial charge in [-0.05, 0) is 30.2 Å². The van der Waals surface area contributed by atoms with Crippen LogP contribution in [-0.4, -0.2) is 23.7 Å². The van der Waals surface area contributed by atoms with Crippen LogP contribution < -0.4 is 0 Å². The summed E-state index contributed by atoms with van der Waals surface area (Å²) in [6, 6.07) is 6.56. The molecular formula is C13H14O4. The van der Waals surface area contributed by atoms with E-state index in [0.717, 1.165) is 18.1 Å². The fraction of sp³-hybridized carbons (Fsp3) is 0.231. The lowest BCUT2D eigenvalue weighted by molar-refractivity contribution is -0.131.